The van der Waals surface area contributed by atoms with E-state index in [9.17, 15) is 10.1 Å². The molecule has 0 spiro atoms. The van der Waals surface area contributed by atoms with Crippen LogP contribution in [0.3, 0.4) is 0 Å². The molecule has 0 aromatic carbocycles. The van der Waals surface area contributed by atoms with Gasteiger partial charge >= 0.3 is 22.9 Å². The first-order valence-corrected chi connectivity index (χ1v) is 3.44. The van der Waals surface area contributed by atoms with Gasteiger partial charge in [-0.25, -0.2) is 9.55 Å². The minimum Gasteiger partial charge on any atom is -0.392 e. The number of imidazole rings is 1. The van der Waals surface area contributed by atoms with Gasteiger partial charge in [-0.15, -0.1) is 0 Å². The van der Waals surface area contributed by atoms with Crippen molar-refractivity contribution in [3.8, 4) is 0 Å². The van der Waals surface area contributed by atoms with Crippen molar-refractivity contribution < 1.29 is 27.1 Å². The van der Waals surface area contributed by atoms with Crippen molar-refractivity contribution >= 4 is 5.82 Å². The number of aromatic nitrogens is 2. The number of hydrogen-bond acceptors (Lipinski definition) is 4. The molecule has 1 rings (SSSR count). The molecule has 72 valence electrons. The Kier molecular flexibility index (Phi) is 4.61. The van der Waals surface area contributed by atoms with Crippen LogP contribution in [0.2, 0.25) is 0 Å². The fraction of sp³-hybridized carbons (Fsp3) is 0.500. The zero-order valence-electron chi connectivity index (χ0n) is 6.95. The van der Waals surface area contributed by atoms with Gasteiger partial charge in [0.15, 0.2) is 5.82 Å². The van der Waals surface area contributed by atoms with Gasteiger partial charge in [-0.3, -0.25) is 0 Å². The average Bonchev–Trinajstić information content (AvgIpc) is 2.34. The van der Waals surface area contributed by atoms with Crippen LogP contribution in [0.25, 0.3) is 0 Å². The van der Waals surface area contributed by atoms with Crippen LogP contribution in [-0.4, -0.2) is 26.2 Å². The van der Waals surface area contributed by atoms with Gasteiger partial charge in [0, 0.05) is 6.92 Å². The number of nitro groups is 1. The van der Waals surface area contributed by atoms with E-state index in [-0.39, 0.29) is 36.0 Å². The standard InChI is InChI=1S/C6H9N3O3.Fe/c1-5-7-4-6(9(11)12)8(5)2-3-10;/h4,10H,2-3H2,1H3;/q;+2. The van der Waals surface area contributed by atoms with Crippen molar-refractivity contribution in [3.05, 3.63) is 22.1 Å². The summed E-state index contributed by atoms with van der Waals surface area (Å²) in [7, 11) is 0. The van der Waals surface area contributed by atoms with E-state index in [1.54, 1.807) is 6.92 Å². The third-order valence-electron chi connectivity index (χ3n) is 1.54. The average molecular weight is 227 g/mol. The second-order valence-corrected chi connectivity index (χ2v) is 2.30. The summed E-state index contributed by atoms with van der Waals surface area (Å²) in [5, 5.41) is 19.0. The molecule has 6 nitrogen and oxygen atoms in total. The second-order valence-electron chi connectivity index (χ2n) is 2.30. The van der Waals surface area contributed by atoms with Gasteiger partial charge in [0.05, 0.1) is 6.61 Å². The predicted molar refractivity (Wildman–Crippen MR) is 40.7 cm³/mol. The van der Waals surface area contributed by atoms with Crippen LogP contribution < -0.4 is 0 Å². The van der Waals surface area contributed by atoms with E-state index in [2.05, 4.69) is 4.98 Å². The molecule has 0 aliphatic heterocycles. The number of rotatable bonds is 3. The van der Waals surface area contributed by atoms with Crippen molar-refractivity contribution in [3.63, 3.8) is 0 Å². The Morgan fingerprint density at radius 1 is 1.77 bits per heavy atom. The Bertz CT molecular complexity index is 299. The summed E-state index contributed by atoms with van der Waals surface area (Å²) < 4.78 is 1.36. The van der Waals surface area contributed by atoms with Gasteiger partial charge in [0.2, 0.25) is 0 Å². The van der Waals surface area contributed by atoms with E-state index in [4.69, 9.17) is 5.11 Å². The molecule has 0 aliphatic carbocycles. The fourth-order valence-electron chi connectivity index (χ4n) is 0.978. The van der Waals surface area contributed by atoms with E-state index in [0.29, 0.717) is 5.82 Å². The first-order valence-electron chi connectivity index (χ1n) is 3.44. The smallest absolute Gasteiger partial charge is 0.392 e. The predicted octanol–water partition coefficient (Wildman–Crippen LogP) is 0.0895. The van der Waals surface area contributed by atoms with Crippen molar-refractivity contribution in [1.29, 1.82) is 0 Å². The van der Waals surface area contributed by atoms with Crippen LogP contribution >= 0.6 is 0 Å². The number of aliphatic hydroxyl groups is 1. The van der Waals surface area contributed by atoms with Crippen LogP contribution in [0.5, 0.6) is 0 Å². The number of hydrogen-bond donors (Lipinski definition) is 1. The van der Waals surface area contributed by atoms with Gasteiger partial charge in [-0.1, -0.05) is 0 Å². The Morgan fingerprint density at radius 2 is 2.38 bits per heavy atom. The Balaban J connectivity index is 0.00000144. The van der Waals surface area contributed by atoms with Crippen LogP contribution in [0.15, 0.2) is 6.20 Å². The molecule has 0 aliphatic rings. The third kappa shape index (κ3) is 2.51. The molecule has 0 saturated heterocycles. The molecule has 0 atom stereocenters. The normalized spacial score (nSPS) is 9.38. The minimum absolute atomic E-state index is 0. The van der Waals surface area contributed by atoms with Crippen molar-refractivity contribution in [2.75, 3.05) is 6.61 Å². The molecule has 0 amide bonds. The summed E-state index contributed by atoms with van der Waals surface area (Å²) in [5.74, 6) is 0.456. The molecule has 0 radical (unpaired) electrons. The Morgan fingerprint density at radius 3 is 2.85 bits per heavy atom. The monoisotopic (exact) mass is 227 g/mol. The van der Waals surface area contributed by atoms with Crippen molar-refractivity contribution in [2.24, 2.45) is 0 Å². The fourth-order valence-corrected chi connectivity index (χ4v) is 0.978. The summed E-state index contributed by atoms with van der Waals surface area (Å²) in [6, 6.07) is 0. The molecular formula is C6H9FeN3O3+2. The molecule has 7 heteroatoms. The van der Waals surface area contributed by atoms with Gasteiger partial charge in [-0.2, -0.15) is 0 Å². The largest absolute Gasteiger partial charge is 2.00 e. The quantitative estimate of drug-likeness (QED) is 0.450. The first-order chi connectivity index (χ1) is 5.66. The van der Waals surface area contributed by atoms with Gasteiger partial charge < -0.3 is 15.2 Å². The topological polar surface area (TPSA) is 81.2 Å². The molecule has 1 N–H and O–H groups in total. The van der Waals surface area contributed by atoms with Crippen LogP contribution in [0.1, 0.15) is 5.82 Å². The Labute approximate surface area is 85.2 Å². The molecule has 1 heterocycles. The van der Waals surface area contributed by atoms with Crippen molar-refractivity contribution in [2.45, 2.75) is 13.5 Å². The maximum absolute atomic E-state index is 10.4. The maximum Gasteiger partial charge on any atom is 2.00 e. The Hall–Kier alpha value is -0.911. The zero-order valence-corrected chi connectivity index (χ0v) is 8.05. The second kappa shape index (κ2) is 4.96. The van der Waals surface area contributed by atoms with Gasteiger partial charge in [0.1, 0.15) is 12.7 Å². The molecule has 1 aromatic rings. The third-order valence-corrected chi connectivity index (χ3v) is 1.54. The molecule has 0 saturated carbocycles. The summed E-state index contributed by atoms with van der Waals surface area (Å²) in [4.78, 5) is 13.6. The molecule has 0 unspecified atom stereocenters. The maximum atomic E-state index is 10.4. The van der Waals surface area contributed by atoms with Crippen LogP contribution in [0.4, 0.5) is 5.82 Å². The van der Waals surface area contributed by atoms with E-state index in [1.807, 2.05) is 0 Å². The van der Waals surface area contributed by atoms with E-state index < -0.39 is 4.92 Å². The summed E-state index contributed by atoms with van der Waals surface area (Å²) in [6.07, 6.45) is 1.19. The number of aliphatic hydroxyl groups excluding tert-OH is 1. The summed E-state index contributed by atoms with van der Waals surface area (Å²) in [5.41, 5.74) is 0. The first kappa shape index (κ1) is 12.1. The summed E-state index contributed by atoms with van der Waals surface area (Å²) in [6.45, 7) is 1.74. The van der Waals surface area contributed by atoms with E-state index in [0.717, 1.165) is 0 Å². The SMILES string of the molecule is Cc1ncc([N+](=O)[O-])n1CCO.[Fe+2]. The molecular weight excluding hydrogens is 218 g/mol. The van der Waals surface area contributed by atoms with Gasteiger partial charge in [0.25, 0.3) is 0 Å². The zero-order chi connectivity index (χ0) is 9.14. The van der Waals surface area contributed by atoms with Crippen molar-refractivity contribution in [1.82, 2.24) is 9.55 Å². The molecule has 0 fully saturated rings. The summed E-state index contributed by atoms with van der Waals surface area (Å²) >= 11 is 0. The molecule has 1 aromatic heterocycles. The van der Waals surface area contributed by atoms with Crippen LogP contribution in [0, 0.1) is 17.0 Å². The van der Waals surface area contributed by atoms with E-state index >= 15 is 0 Å². The minimum atomic E-state index is -0.518. The van der Waals surface area contributed by atoms with Gasteiger partial charge in [-0.05, 0) is 4.92 Å². The number of aryl methyl sites for hydroxylation is 1. The van der Waals surface area contributed by atoms with E-state index in [1.165, 1.54) is 10.8 Å². The number of nitrogens with zero attached hydrogens (tertiary/aromatic N) is 3. The molecule has 0 bridgehead atoms. The van der Waals surface area contributed by atoms with Crippen LogP contribution in [-0.2, 0) is 23.6 Å². The molecule has 13 heavy (non-hydrogen) atoms.